The third-order valence-corrected chi connectivity index (χ3v) is 7.35. The number of aryl methyl sites for hydroxylation is 1. The van der Waals surface area contributed by atoms with Gasteiger partial charge in [-0.2, -0.15) is 0 Å². The number of aromatic amines is 1. The Morgan fingerprint density at radius 3 is 2.09 bits per heavy atom. The molecule has 0 saturated carbocycles. The Morgan fingerprint density at radius 2 is 1.59 bits per heavy atom. The van der Waals surface area contributed by atoms with Crippen molar-refractivity contribution in [3.63, 3.8) is 0 Å². The summed E-state index contributed by atoms with van der Waals surface area (Å²) >= 11 is 3.51. The molecule has 1 unspecified atom stereocenters. The summed E-state index contributed by atoms with van der Waals surface area (Å²) in [6.07, 6.45) is 1.43. The van der Waals surface area contributed by atoms with E-state index in [0.29, 0.717) is 17.3 Å². The van der Waals surface area contributed by atoms with E-state index < -0.39 is 5.41 Å². The number of nitrogens with zero attached hydrogens (tertiary/aromatic N) is 3. The quantitative estimate of drug-likeness (QED) is 0.585. The van der Waals surface area contributed by atoms with Crippen molar-refractivity contribution in [2.75, 3.05) is 27.2 Å². The highest BCUT2D eigenvalue weighted by Gasteiger charge is 2.45. The topological polar surface area (TPSA) is 61.3 Å². The average molecular weight is 497 g/mol. The van der Waals surface area contributed by atoms with Crippen LogP contribution >= 0.6 is 15.9 Å². The van der Waals surface area contributed by atoms with Crippen molar-refractivity contribution in [1.82, 2.24) is 19.6 Å². The van der Waals surface area contributed by atoms with E-state index in [2.05, 4.69) is 50.2 Å². The Morgan fingerprint density at radius 1 is 1.03 bits per heavy atom. The molecule has 0 spiro atoms. The third kappa shape index (κ3) is 3.95. The van der Waals surface area contributed by atoms with E-state index in [-0.39, 0.29) is 17.5 Å². The molecule has 3 aromatic rings. The van der Waals surface area contributed by atoms with Gasteiger partial charge in [-0.25, -0.2) is 0 Å². The fourth-order valence-electron chi connectivity index (χ4n) is 4.98. The summed E-state index contributed by atoms with van der Waals surface area (Å²) in [7, 11) is 5.53. The number of hydrogen-bond donors (Lipinski definition) is 1. The minimum Gasteiger partial charge on any atom is -0.348 e. The molecule has 168 valence electrons. The van der Waals surface area contributed by atoms with Crippen LogP contribution in [-0.2, 0) is 17.3 Å². The van der Waals surface area contributed by atoms with Gasteiger partial charge in [-0.1, -0.05) is 60.7 Å². The van der Waals surface area contributed by atoms with Gasteiger partial charge >= 0.3 is 0 Å². The maximum absolute atomic E-state index is 13.4. The van der Waals surface area contributed by atoms with Gasteiger partial charge in [0.25, 0.3) is 5.56 Å². The molecule has 1 aliphatic heterocycles. The predicted molar refractivity (Wildman–Crippen MR) is 130 cm³/mol. The summed E-state index contributed by atoms with van der Waals surface area (Å²) in [6.45, 7) is 1.47. The second kappa shape index (κ2) is 9.08. The molecule has 0 radical (unpaired) electrons. The highest BCUT2D eigenvalue weighted by Crippen LogP contribution is 2.41. The Balaban J connectivity index is 1.72. The van der Waals surface area contributed by atoms with Crippen molar-refractivity contribution >= 4 is 21.8 Å². The molecular weight excluding hydrogens is 468 g/mol. The van der Waals surface area contributed by atoms with Crippen LogP contribution in [0, 0.1) is 0 Å². The molecule has 2 aromatic carbocycles. The molecule has 0 aliphatic carbocycles. The van der Waals surface area contributed by atoms with Gasteiger partial charge in [0.05, 0.1) is 17.2 Å². The predicted octanol–water partition coefficient (Wildman–Crippen LogP) is 3.69. The van der Waals surface area contributed by atoms with Crippen molar-refractivity contribution < 1.29 is 4.79 Å². The second-order valence-electron chi connectivity index (χ2n) is 8.70. The number of rotatable bonds is 5. The lowest BCUT2D eigenvalue weighted by Gasteiger charge is -2.45. The van der Waals surface area contributed by atoms with Crippen LogP contribution in [-0.4, -0.2) is 52.7 Å². The fraction of sp³-hybridized carbons (Fsp3) is 0.360. The molecule has 1 aromatic heterocycles. The maximum atomic E-state index is 13.4. The van der Waals surface area contributed by atoms with Gasteiger partial charge in [-0.15, -0.1) is 0 Å². The minimum absolute atomic E-state index is 0.0993. The summed E-state index contributed by atoms with van der Waals surface area (Å²) in [5.74, 6) is 0.148. The molecule has 1 fully saturated rings. The monoisotopic (exact) mass is 496 g/mol. The smallest absolute Gasteiger partial charge is 0.278 e. The van der Waals surface area contributed by atoms with Gasteiger partial charge in [0.1, 0.15) is 4.47 Å². The lowest BCUT2D eigenvalue weighted by Crippen LogP contribution is -2.52. The number of amides is 1. The van der Waals surface area contributed by atoms with Gasteiger partial charge in [-0.05, 0) is 39.9 Å². The van der Waals surface area contributed by atoms with Crippen molar-refractivity contribution in [2.45, 2.75) is 24.3 Å². The molecular formula is C25H29BrN4O2. The van der Waals surface area contributed by atoms with Crippen LogP contribution in [0.4, 0.5) is 0 Å². The third-order valence-electron chi connectivity index (χ3n) is 6.59. The van der Waals surface area contributed by atoms with E-state index in [0.717, 1.165) is 29.9 Å². The number of carbonyl (C=O) groups is 1. The molecule has 7 heteroatoms. The first-order valence-electron chi connectivity index (χ1n) is 10.9. The van der Waals surface area contributed by atoms with E-state index in [1.807, 2.05) is 57.5 Å². The summed E-state index contributed by atoms with van der Waals surface area (Å²) in [6, 6.07) is 20.3. The number of carbonyl (C=O) groups excluding carboxylic acids is 1. The summed E-state index contributed by atoms with van der Waals surface area (Å²) in [5.41, 5.74) is 2.41. The van der Waals surface area contributed by atoms with Crippen LogP contribution in [0.25, 0.3) is 0 Å². The molecule has 1 atom stereocenters. The molecule has 1 saturated heterocycles. The summed E-state index contributed by atoms with van der Waals surface area (Å²) in [5, 5.41) is 2.87. The molecule has 1 aliphatic rings. The number of halogens is 1. The van der Waals surface area contributed by atoms with Gasteiger partial charge in [-0.3, -0.25) is 24.3 Å². The van der Waals surface area contributed by atoms with Gasteiger partial charge in [0.15, 0.2) is 0 Å². The first-order valence-corrected chi connectivity index (χ1v) is 11.6. The van der Waals surface area contributed by atoms with Crippen molar-refractivity contribution in [3.05, 3.63) is 92.3 Å². The van der Waals surface area contributed by atoms with E-state index in [9.17, 15) is 9.59 Å². The first-order chi connectivity index (χ1) is 15.3. The molecule has 1 amide bonds. The van der Waals surface area contributed by atoms with Crippen LogP contribution in [0.2, 0.25) is 0 Å². The zero-order valence-electron chi connectivity index (χ0n) is 18.7. The van der Waals surface area contributed by atoms with Crippen LogP contribution in [0.5, 0.6) is 0 Å². The number of nitrogens with one attached hydrogen (secondary N) is 1. The van der Waals surface area contributed by atoms with Crippen LogP contribution in [0.3, 0.4) is 0 Å². The largest absolute Gasteiger partial charge is 0.348 e. The number of likely N-dealkylation sites (tertiary alicyclic amines) is 1. The van der Waals surface area contributed by atoms with Crippen molar-refractivity contribution in [2.24, 2.45) is 7.05 Å². The second-order valence-corrected chi connectivity index (χ2v) is 9.49. The molecule has 6 nitrogen and oxygen atoms in total. The maximum Gasteiger partial charge on any atom is 0.278 e. The lowest BCUT2D eigenvalue weighted by atomic mass is 9.71. The first kappa shape index (κ1) is 22.6. The Labute approximate surface area is 197 Å². The summed E-state index contributed by atoms with van der Waals surface area (Å²) in [4.78, 5) is 29.8. The lowest BCUT2D eigenvalue weighted by molar-refractivity contribution is -0.137. The Kier molecular flexibility index (Phi) is 6.40. The number of H-pyrrole nitrogens is 1. The van der Waals surface area contributed by atoms with Gasteiger partial charge < -0.3 is 4.90 Å². The van der Waals surface area contributed by atoms with E-state index >= 15 is 0 Å². The molecule has 32 heavy (non-hydrogen) atoms. The standard InChI is InChI=1S/C25H29BrN4O2/c1-28(2)24(32)25(19-12-8-5-9-13-19)14-16-30(17-15-25)21(18-10-6-4-7-11-18)22-20(26)23(31)27-29(22)3/h4-13,21H,14-17H2,1-3H3,(H,27,31). The number of benzene rings is 2. The highest BCUT2D eigenvalue weighted by molar-refractivity contribution is 9.10. The number of aromatic nitrogens is 2. The fourth-order valence-corrected chi connectivity index (χ4v) is 5.55. The van der Waals surface area contributed by atoms with Crippen LogP contribution in [0.1, 0.15) is 35.7 Å². The van der Waals surface area contributed by atoms with Gasteiger partial charge in [0, 0.05) is 34.2 Å². The zero-order valence-corrected chi connectivity index (χ0v) is 20.3. The van der Waals surface area contributed by atoms with E-state index in [1.54, 1.807) is 9.58 Å². The van der Waals surface area contributed by atoms with Gasteiger partial charge in [0.2, 0.25) is 5.91 Å². The van der Waals surface area contributed by atoms with Crippen LogP contribution in [0.15, 0.2) is 69.9 Å². The molecule has 1 N–H and O–H groups in total. The van der Waals surface area contributed by atoms with Crippen molar-refractivity contribution in [3.8, 4) is 0 Å². The van der Waals surface area contributed by atoms with E-state index in [4.69, 9.17) is 0 Å². The molecule has 2 heterocycles. The SMILES string of the molecule is CN(C)C(=O)C1(c2ccccc2)CCN(C(c2ccccc2)c2c(Br)c(=O)[nH]n2C)CC1. The average Bonchev–Trinajstić information content (AvgIpc) is 3.07. The Hall–Kier alpha value is -2.64. The number of likely N-dealkylation sites (N-methyl/N-ethyl adjacent to an activating group) is 1. The highest BCUT2D eigenvalue weighted by atomic mass is 79.9. The summed E-state index contributed by atoms with van der Waals surface area (Å²) < 4.78 is 2.35. The molecule has 4 rings (SSSR count). The minimum atomic E-state index is -0.538. The molecule has 0 bridgehead atoms. The van der Waals surface area contributed by atoms with Crippen LogP contribution < -0.4 is 5.56 Å². The Bertz CT molecular complexity index is 1130. The zero-order chi connectivity index (χ0) is 22.9. The number of hydrogen-bond acceptors (Lipinski definition) is 3. The normalized spacial score (nSPS) is 17.1. The van der Waals surface area contributed by atoms with E-state index in [1.165, 1.54) is 0 Å². The van der Waals surface area contributed by atoms with Crippen molar-refractivity contribution in [1.29, 1.82) is 0 Å². The number of piperidine rings is 1.